The molecular formula is C100H153N23O25S2. The van der Waals surface area contributed by atoms with E-state index in [1.807, 2.05) is 0 Å². The Labute approximate surface area is 879 Å². The number of imidazole rings is 1. The van der Waals surface area contributed by atoms with E-state index in [4.69, 9.17) is 37.2 Å². The van der Waals surface area contributed by atoms with Gasteiger partial charge >= 0.3 is 23.9 Å². The number of amides is 15. The van der Waals surface area contributed by atoms with Crippen LogP contribution in [0.2, 0.25) is 0 Å². The number of hydrogen-bond donors (Lipinski definition) is 23. The Balaban J connectivity index is 1.03. The van der Waals surface area contributed by atoms with Gasteiger partial charge in [-0.25, -0.2) is 4.98 Å². The van der Waals surface area contributed by atoms with Crippen molar-refractivity contribution in [2.75, 3.05) is 96.8 Å². The average Bonchev–Trinajstić information content (AvgIpc) is 1.65. The van der Waals surface area contributed by atoms with Gasteiger partial charge in [0.05, 0.1) is 44.9 Å². The lowest BCUT2D eigenvalue weighted by Gasteiger charge is -2.33. The van der Waals surface area contributed by atoms with Crippen molar-refractivity contribution < 1.29 is 121 Å². The standard InChI is InChI=1S/C100H153N23O25S2/c1-64(124)111-75-42-53-149-150-62-79(120-95(142)77(55-66-57-109-69-31-18-17-30-68(66)69)118-91(138)73(35-25-45-108-100(103)104)114-94(141)76(54-65-28-13-12-14-29-65)117-96(143)78(119-93(75)140)56-67-58-105-63-110-67)98(145)123-49-27-37-81(123)99(146)122-48-26-36-80(122)97(144)116-72(33-19-22-43-101)90(137)115-74(40-41-85(129)130)92(139)113-71(34-21-24-47-121(59-86(131)132)60-87(133)134)89(136)112-70(88(102)135)32-20-23-44-106-83(126)61-148-52-51-147-50-46-107-82(125)38-15-10-8-6-4-2-3-5-7-9-11-16-39-84(127)128/h12-14,17-18,28-31,57-58,63,70-81,109H,2-11,15-16,19-27,32-56,59-62,101H2,1H3,(H2,102,135)(H,105,110)(H,106,126)(H,107,125)(H,111,124)(H,112,136)(H,113,139)(H,114,141)(H,115,137)(H,116,144)(H,117,143)(H,118,138)(H,119,140)(H,120,142)(H,127,128)(H,129,130)(H,131,132)(H,133,134)(H4,103,104,108)/t70-,71-,72-,73-,74-,75-,76+,77-,78-,79-,80-,81-/m0/s1. The van der Waals surface area contributed by atoms with Gasteiger partial charge in [-0.1, -0.05) is 134 Å². The van der Waals surface area contributed by atoms with Crippen molar-refractivity contribution in [3.8, 4) is 0 Å². The van der Waals surface area contributed by atoms with Crippen LogP contribution in [0.1, 0.15) is 229 Å². The summed E-state index contributed by atoms with van der Waals surface area (Å²) < 4.78 is 11.0. The maximum Gasteiger partial charge on any atom is 0.317 e. The number of carboxylic acids is 4. The second kappa shape index (κ2) is 69.3. The highest BCUT2D eigenvalue weighted by atomic mass is 33.1. The quantitative estimate of drug-likeness (QED) is 0.0126. The van der Waals surface area contributed by atoms with Gasteiger partial charge < -0.3 is 136 Å². The molecule has 2 aromatic carbocycles. The smallest absolute Gasteiger partial charge is 0.317 e. The molecule has 50 heteroatoms. The molecule has 5 heterocycles. The van der Waals surface area contributed by atoms with Crippen LogP contribution in [0.3, 0.4) is 0 Å². The van der Waals surface area contributed by atoms with Crippen LogP contribution < -0.4 is 86.3 Å². The first-order chi connectivity index (χ1) is 72.1. The highest BCUT2D eigenvalue weighted by Gasteiger charge is 2.46. The van der Waals surface area contributed by atoms with Crippen molar-refractivity contribution in [2.45, 2.75) is 304 Å². The number of primary amides is 1. The lowest BCUT2D eigenvalue weighted by molar-refractivity contribution is -0.148. The molecule has 3 fully saturated rings. The van der Waals surface area contributed by atoms with Gasteiger partial charge in [-0.3, -0.25) is 101 Å². The second-order valence-corrected chi connectivity index (χ2v) is 40.3. The third kappa shape index (κ3) is 47.4. The van der Waals surface area contributed by atoms with E-state index in [1.165, 1.54) is 42.1 Å². The number of nitrogens with two attached hydrogens (primary N) is 3. The third-order valence-corrected chi connectivity index (χ3v) is 28.1. The van der Waals surface area contributed by atoms with E-state index in [9.17, 15) is 77.6 Å². The zero-order valence-corrected chi connectivity index (χ0v) is 87.0. The molecule has 4 aromatic rings. The van der Waals surface area contributed by atoms with Gasteiger partial charge in [0.15, 0.2) is 5.96 Å². The predicted octanol–water partition coefficient (Wildman–Crippen LogP) is 0.920. The van der Waals surface area contributed by atoms with Crippen molar-refractivity contribution in [3.63, 3.8) is 0 Å². The topological polar surface area (TPSA) is 736 Å². The van der Waals surface area contributed by atoms with Gasteiger partial charge in [0, 0.05) is 113 Å². The summed E-state index contributed by atoms with van der Waals surface area (Å²) in [4.78, 5) is 277. The monoisotopic (exact) mass is 2140 g/mol. The number of H-pyrrole nitrogens is 2. The minimum absolute atomic E-state index is 0.00741. The number of rotatable bonds is 66. The largest absolute Gasteiger partial charge is 0.481 e. The summed E-state index contributed by atoms with van der Waals surface area (Å²) in [5, 5.41) is 81.7. The summed E-state index contributed by atoms with van der Waals surface area (Å²) in [6.45, 7) is 0.397. The molecule has 830 valence electrons. The number of benzene rings is 2. The van der Waals surface area contributed by atoms with Crippen LogP contribution in [0.25, 0.3) is 10.9 Å². The number of nitrogens with one attached hydrogen (secondary N) is 16. The average molecular weight is 2140 g/mol. The minimum atomic E-state index is -1.77. The first-order valence-corrected chi connectivity index (χ1v) is 54.3. The second-order valence-electron chi connectivity index (χ2n) is 37.7. The number of aromatic nitrogens is 3. The Kier molecular flexibility index (Phi) is 57.2. The first-order valence-electron chi connectivity index (χ1n) is 51.9. The number of carbonyl (C=O) groups excluding carboxylic acids is 15. The van der Waals surface area contributed by atoms with Crippen LogP contribution in [-0.2, 0) is 120 Å². The molecule has 150 heavy (non-hydrogen) atoms. The Morgan fingerprint density at radius 2 is 1.04 bits per heavy atom. The Morgan fingerprint density at radius 3 is 1.66 bits per heavy atom. The normalized spacial score (nSPS) is 18.8. The van der Waals surface area contributed by atoms with Crippen LogP contribution in [0, 0.1) is 5.41 Å². The van der Waals surface area contributed by atoms with Crippen molar-refractivity contribution in [1.29, 1.82) is 5.41 Å². The first kappa shape index (κ1) is 124. The summed E-state index contributed by atoms with van der Waals surface area (Å²) in [5.41, 5.74) is 19.5. The minimum Gasteiger partial charge on any atom is -0.481 e. The fraction of sp³-hybridized carbons (Fsp3) is 0.630. The van der Waals surface area contributed by atoms with Crippen molar-refractivity contribution in [2.24, 2.45) is 17.2 Å². The number of aliphatic carboxylic acids is 4. The molecule has 3 aliphatic rings. The molecule has 0 aliphatic carbocycles. The highest BCUT2D eigenvalue weighted by Crippen LogP contribution is 2.30. The molecule has 0 spiro atoms. The van der Waals surface area contributed by atoms with Gasteiger partial charge in [0.1, 0.15) is 79.1 Å². The Morgan fingerprint density at radius 1 is 0.507 bits per heavy atom. The number of likely N-dealkylation sites (tertiary alicyclic amines) is 2. The Hall–Kier alpha value is -13.1. The number of nitrogens with zero attached hydrogens (tertiary/aromatic N) is 4. The maximum absolute atomic E-state index is 15.8. The van der Waals surface area contributed by atoms with Gasteiger partial charge in [0.25, 0.3) is 0 Å². The van der Waals surface area contributed by atoms with Crippen LogP contribution in [0.5, 0.6) is 0 Å². The van der Waals surface area contributed by atoms with Crippen LogP contribution in [0.4, 0.5) is 0 Å². The summed E-state index contributed by atoms with van der Waals surface area (Å²) in [5.74, 6) is -17.1. The van der Waals surface area contributed by atoms with Gasteiger partial charge in [-0.15, -0.1) is 0 Å². The molecule has 0 unspecified atom stereocenters. The Bertz CT molecular complexity index is 5010. The number of ether oxygens (including phenoxy) is 2. The van der Waals surface area contributed by atoms with E-state index < -0.39 is 205 Å². The molecule has 0 bridgehead atoms. The fourth-order valence-electron chi connectivity index (χ4n) is 17.8. The van der Waals surface area contributed by atoms with E-state index in [2.05, 4.69) is 84.1 Å². The molecule has 0 saturated carbocycles. The molecule has 48 nitrogen and oxygen atoms in total. The van der Waals surface area contributed by atoms with E-state index in [1.54, 1.807) is 60.8 Å². The number of aromatic amines is 2. The van der Waals surface area contributed by atoms with E-state index >= 15 is 28.8 Å². The summed E-state index contributed by atoms with van der Waals surface area (Å²) in [6, 6.07) is -1.74. The highest BCUT2D eigenvalue weighted by molar-refractivity contribution is 8.76. The van der Waals surface area contributed by atoms with Gasteiger partial charge in [-0.05, 0) is 152 Å². The number of fused-ring (bicyclic) bond motifs is 1. The predicted molar refractivity (Wildman–Crippen MR) is 556 cm³/mol. The van der Waals surface area contributed by atoms with E-state index in [-0.39, 0.29) is 211 Å². The molecular weight excluding hydrogens is 1990 g/mol. The van der Waals surface area contributed by atoms with Gasteiger partial charge in [0.2, 0.25) is 88.6 Å². The molecule has 2 aromatic heterocycles. The molecule has 3 aliphatic heterocycles. The molecule has 12 atom stereocenters. The number of unbranched alkanes of at least 4 members (excludes halogenated alkanes) is 14. The van der Waals surface area contributed by atoms with Crippen molar-refractivity contribution >= 4 is 151 Å². The van der Waals surface area contributed by atoms with E-state index in [0.717, 1.165) is 90.7 Å². The number of carboxylic acid groups (broad SMARTS) is 4. The van der Waals surface area contributed by atoms with Crippen LogP contribution in [0.15, 0.2) is 73.3 Å². The maximum atomic E-state index is 15.8. The number of carbonyl (C=O) groups is 19. The lowest BCUT2D eigenvalue weighted by atomic mass is 10.0. The number of hydrogen-bond acceptors (Lipinski definition) is 27. The third-order valence-electron chi connectivity index (χ3n) is 25.7. The molecule has 7 rings (SSSR count). The summed E-state index contributed by atoms with van der Waals surface area (Å²) in [7, 11) is 2.24. The van der Waals surface area contributed by atoms with Crippen LogP contribution in [-0.4, -0.2) is 338 Å². The zero-order chi connectivity index (χ0) is 109. The number of para-hydroxylation sites is 1. The van der Waals surface area contributed by atoms with Crippen molar-refractivity contribution in [1.82, 2.24) is 98.8 Å². The summed E-state index contributed by atoms with van der Waals surface area (Å²) in [6.07, 6.45) is 16.7. The fourth-order valence-corrected chi connectivity index (χ4v) is 20.1. The van der Waals surface area contributed by atoms with Crippen molar-refractivity contribution in [3.05, 3.63) is 90.1 Å². The van der Waals surface area contributed by atoms with Crippen LogP contribution >= 0.6 is 21.6 Å². The molecule has 15 amide bonds. The molecule has 26 N–H and O–H groups in total. The summed E-state index contributed by atoms with van der Waals surface area (Å²) >= 11 is 0. The zero-order valence-electron chi connectivity index (χ0n) is 85.4. The molecule has 0 radical (unpaired) electrons. The lowest BCUT2D eigenvalue weighted by Crippen LogP contribution is -2.61. The SMILES string of the molecule is CC(=O)N[C@H]1CCSSC[C@@H](C(=O)N2CCC[C@H]2C(=O)N2CCC[C@H]2C(=O)N[C@@H](CCCCN)C(=O)N[C@@H](CCC(=O)O)C(=O)N[C@@H](CCCCN(CC(=O)O)CC(=O)O)C(=O)N[C@@H](CCCCNC(=O)COCCOCCNC(=O)CCCCCCCCCCCCCCC(=O)O)C(N)=O)NC(=O)[C@H](Cc2c[nH]c3ccccc23)NC(=O)[C@H](CCCNC(=N)N)NC(=O)[C@@H](Cc2ccccc2)NC(=O)[C@H](Cc2c[nH]cn2)NC1=O. The van der Waals surface area contributed by atoms with E-state index in [0.29, 0.717) is 47.1 Å². The van der Waals surface area contributed by atoms with Gasteiger partial charge in [-0.2, -0.15) is 0 Å². The molecule has 3 saturated heterocycles. The number of guanidine groups is 1.